The van der Waals surface area contributed by atoms with Crippen LogP contribution in [0.5, 0.6) is 5.75 Å². The number of unbranched alkanes of at least 4 members (excludes halogenated alkanes) is 3. The molecule has 1 N–H and O–H groups in total. The molecule has 0 amide bonds. The molecule has 180 valence electrons. The van der Waals surface area contributed by atoms with Crippen molar-refractivity contribution in [2.24, 2.45) is 5.92 Å². The molecule has 0 heterocycles. The second kappa shape index (κ2) is 12.4. The molecule has 33 heavy (non-hydrogen) atoms. The number of carbonyl (C=O) groups is 1. The number of ether oxygens (including phenoxy) is 1. The Labute approximate surface area is 200 Å². The number of aliphatic hydroxyl groups is 1. The Balaban J connectivity index is 1.89. The molecule has 1 fully saturated rings. The normalized spacial score (nSPS) is 21.0. The Hall–Kier alpha value is -2.13. The van der Waals surface area contributed by atoms with Gasteiger partial charge in [0.05, 0.1) is 6.10 Å². The molecule has 2 aromatic rings. The summed E-state index contributed by atoms with van der Waals surface area (Å²) in [4.78, 5) is 11.4. The zero-order chi connectivity index (χ0) is 23.7. The van der Waals surface area contributed by atoms with Crippen molar-refractivity contribution >= 4 is 6.29 Å². The summed E-state index contributed by atoms with van der Waals surface area (Å²) in [6.07, 6.45) is 9.83. The van der Waals surface area contributed by atoms with E-state index in [1.54, 1.807) is 0 Å². The Morgan fingerprint density at radius 1 is 1.06 bits per heavy atom. The van der Waals surface area contributed by atoms with Crippen LogP contribution in [0.2, 0.25) is 0 Å². The maximum absolute atomic E-state index is 11.4. The fraction of sp³-hybridized carbons (Fsp3) is 0.567. The predicted octanol–water partition coefficient (Wildman–Crippen LogP) is 7.35. The molecule has 0 spiro atoms. The van der Waals surface area contributed by atoms with Gasteiger partial charge in [-0.05, 0) is 65.7 Å². The first-order valence-electron chi connectivity index (χ1n) is 12.9. The molecule has 3 unspecified atom stereocenters. The first-order valence-corrected chi connectivity index (χ1v) is 12.9. The van der Waals surface area contributed by atoms with E-state index in [4.69, 9.17) is 4.74 Å². The number of aliphatic hydroxyl groups excluding tert-OH is 1. The van der Waals surface area contributed by atoms with Gasteiger partial charge in [0.15, 0.2) is 0 Å². The summed E-state index contributed by atoms with van der Waals surface area (Å²) in [5, 5.41) is 10.4. The lowest BCUT2D eigenvalue weighted by Crippen LogP contribution is -2.27. The second-order valence-corrected chi connectivity index (χ2v) is 10.5. The van der Waals surface area contributed by atoms with E-state index in [0.29, 0.717) is 19.4 Å². The lowest BCUT2D eigenvalue weighted by Gasteiger charge is -2.35. The van der Waals surface area contributed by atoms with Crippen molar-refractivity contribution in [2.75, 3.05) is 0 Å². The molecule has 0 radical (unpaired) electrons. The van der Waals surface area contributed by atoms with Crippen molar-refractivity contribution in [1.29, 1.82) is 0 Å². The average molecular weight is 451 g/mol. The van der Waals surface area contributed by atoms with E-state index < -0.39 is 0 Å². The van der Waals surface area contributed by atoms with E-state index in [-0.39, 0.29) is 23.4 Å². The van der Waals surface area contributed by atoms with Crippen molar-refractivity contribution in [1.82, 2.24) is 0 Å². The van der Waals surface area contributed by atoms with Gasteiger partial charge in [0.25, 0.3) is 0 Å². The highest BCUT2D eigenvalue weighted by molar-refractivity contribution is 5.51. The van der Waals surface area contributed by atoms with Gasteiger partial charge in [0, 0.05) is 6.42 Å². The summed E-state index contributed by atoms with van der Waals surface area (Å²) in [6.45, 7) is 7.42. The van der Waals surface area contributed by atoms with Gasteiger partial charge < -0.3 is 14.6 Å². The highest BCUT2D eigenvalue weighted by Crippen LogP contribution is 2.44. The molecule has 3 heteroatoms. The van der Waals surface area contributed by atoms with Gasteiger partial charge >= 0.3 is 0 Å². The first kappa shape index (κ1) is 25.5. The van der Waals surface area contributed by atoms with Crippen LogP contribution < -0.4 is 4.74 Å². The van der Waals surface area contributed by atoms with Gasteiger partial charge in [-0.3, -0.25) is 0 Å². The zero-order valence-corrected chi connectivity index (χ0v) is 20.8. The van der Waals surface area contributed by atoms with Crippen molar-refractivity contribution < 1.29 is 14.6 Å². The summed E-state index contributed by atoms with van der Waals surface area (Å²) in [6, 6.07) is 17.0. The molecular weight excluding hydrogens is 408 g/mol. The van der Waals surface area contributed by atoms with Crippen molar-refractivity contribution in [2.45, 2.75) is 103 Å². The third-order valence-corrected chi connectivity index (χ3v) is 7.45. The summed E-state index contributed by atoms with van der Waals surface area (Å²) in [5.41, 5.74) is 3.66. The van der Waals surface area contributed by atoms with Crippen molar-refractivity contribution in [3.05, 3.63) is 65.2 Å². The summed E-state index contributed by atoms with van der Waals surface area (Å²) in [5.74, 6) is 1.32. The fourth-order valence-corrected chi connectivity index (χ4v) is 5.26. The van der Waals surface area contributed by atoms with Crippen LogP contribution in [0.3, 0.4) is 0 Å². The van der Waals surface area contributed by atoms with Crippen LogP contribution in [0.25, 0.3) is 0 Å². The molecule has 0 saturated heterocycles. The minimum absolute atomic E-state index is 0.0748. The number of carbonyl (C=O) groups excluding carboxylic acids is 1. The van der Waals surface area contributed by atoms with Crippen LogP contribution in [-0.4, -0.2) is 17.5 Å². The largest absolute Gasteiger partial charge is 0.489 e. The van der Waals surface area contributed by atoms with Gasteiger partial charge in [-0.1, -0.05) is 88.9 Å². The standard InChI is InChI=1S/C30H42O3/c1-4-5-6-10-18-30(2,3)25-14-16-27(28-21-26(32)15-13-24(28)17-19-31)29(20-25)33-22-23-11-8-7-9-12-23/h7-9,11-12,14,16,19-20,24,26,28,32H,4-6,10,13,15,17-18,21-22H2,1-3H3. The van der Waals surface area contributed by atoms with Crippen molar-refractivity contribution in [3.8, 4) is 5.75 Å². The molecule has 2 aromatic carbocycles. The molecule has 3 nitrogen and oxygen atoms in total. The van der Waals surface area contributed by atoms with E-state index in [9.17, 15) is 9.90 Å². The Bertz CT molecular complexity index is 858. The Kier molecular flexibility index (Phi) is 9.55. The molecule has 1 aliphatic rings. The number of hydrogen-bond acceptors (Lipinski definition) is 3. The quantitative estimate of drug-likeness (QED) is 0.272. The van der Waals surface area contributed by atoms with E-state index in [1.807, 2.05) is 18.2 Å². The van der Waals surface area contributed by atoms with Crippen LogP contribution in [0, 0.1) is 5.92 Å². The van der Waals surface area contributed by atoms with E-state index in [1.165, 1.54) is 31.2 Å². The predicted molar refractivity (Wildman–Crippen MR) is 136 cm³/mol. The van der Waals surface area contributed by atoms with Gasteiger partial charge in [-0.15, -0.1) is 0 Å². The van der Waals surface area contributed by atoms with E-state index in [2.05, 4.69) is 51.1 Å². The monoisotopic (exact) mass is 450 g/mol. The number of benzene rings is 2. The maximum atomic E-state index is 11.4. The third-order valence-electron chi connectivity index (χ3n) is 7.45. The second-order valence-electron chi connectivity index (χ2n) is 10.5. The van der Waals surface area contributed by atoms with E-state index >= 15 is 0 Å². The van der Waals surface area contributed by atoms with Gasteiger partial charge in [0.1, 0.15) is 18.6 Å². The zero-order valence-electron chi connectivity index (χ0n) is 20.8. The third kappa shape index (κ3) is 7.17. The lowest BCUT2D eigenvalue weighted by atomic mass is 9.72. The van der Waals surface area contributed by atoms with Gasteiger partial charge in [-0.25, -0.2) is 0 Å². The van der Waals surface area contributed by atoms with Crippen molar-refractivity contribution in [3.63, 3.8) is 0 Å². The SMILES string of the molecule is CCCCCCC(C)(C)c1ccc(C2CC(O)CCC2CC=O)c(OCc2ccccc2)c1. The topological polar surface area (TPSA) is 46.5 Å². The summed E-state index contributed by atoms with van der Waals surface area (Å²) >= 11 is 0. The molecule has 3 rings (SSSR count). The maximum Gasteiger partial charge on any atom is 0.123 e. The van der Waals surface area contributed by atoms with Gasteiger partial charge in [0.2, 0.25) is 0 Å². The minimum Gasteiger partial charge on any atom is -0.489 e. The van der Waals surface area contributed by atoms with Gasteiger partial charge in [-0.2, -0.15) is 0 Å². The molecule has 3 atom stereocenters. The molecule has 0 bridgehead atoms. The highest BCUT2D eigenvalue weighted by Gasteiger charge is 2.33. The average Bonchev–Trinajstić information content (AvgIpc) is 2.82. The molecule has 1 saturated carbocycles. The van der Waals surface area contributed by atoms with Crippen LogP contribution in [0.15, 0.2) is 48.5 Å². The molecule has 0 aromatic heterocycles. The molecule has 1 aliphatic carbocycles. The molecule has 0 aliphatic heterocycles. The van der Waals surface area contributed by atoms with Crippen LogP contribution in [-0.2, 0) is 16.8 Å². The number of hydrogen-bond donors (Lipinski definition) is 1. The summed E-state index contributed by atoms with van der Waals surface area (Å²) < 4.78 is 6.45. The number of rotatable bonds is 12. The van der Waals surface area contributed by atoms with Crippen LogP contribution >= 0.6 is 0 Å². The number of aldehydes is 1. The Morgan fingerprint density at radius 3 is 2.58 bits per heavy atom. The Morgan fingerprint density at radius 2 is 1.85 bits per heavy atom. The minimum atomic E-state index is -0.311. The highest BCUT2D eigenvalue weighted by atomic mass is 16.5. The molecular formula is C30H42O3. The fourth-order valence-electron chi connectivity index (χ4n) is 5.26. The summed E-state index contributed by atoms with van der Waals surface area (Å²) in [7, 11) is 0. The van der Waals surface area contributed by atoms with Crippen LogP contribution in [0.4, 0.5) is 0 Å². The smallest absolute Gasteiger partial charge is 0.123 e. The lowest BCUT2D eigenvalue weighted by molar-refractivity contribution is -0.109. The van der Waals surface area contributed by atoms with Crippen LogP contribution in [0.1, 0.15) is 101 Å². The van der Waals surface area contributed by atoms with E-state index in [0.717, 1.165) is 42.4 Å². The first-order chi connectivity index (χ1) is 15.9.